The van der Waals surface area contributed by atoms with E-state index in [1.807, 2.05) is 12.1 Å². The van der Waals surface area contributed by atoms with Crippen molar-refractivity contribution in [3.63, 3.8) is 0 Å². The van der Waals surface area contributed by atoms with Gasteiger partial charge in [-0.05, 0) is 63.8 Å². The van der Waals surface area contributed by atoms with E-state index >= 15 is 0 Å². The molecule has 1 saturated heterocycles. The first-order valence-electron chi connectivity index (χ1n) is 9.97. The molecule has 2 N–H and O–H groups in total. The van der Waals surface area contributed by atoms with Crippen LogP contribution in [0.3, 0.4) is 0 Å². The van der Waals surface area contributed by atoms with Crippen molar-refractivity contribution in [2.24, 2.45) is 5.92 Å². The number of ether oxygens (including phenoxy) is 1. The number of benzene rings is 1. The van der Waals surface area contributed by atoms with Gasteiger partial charge >= 0.3 is 5.97 Å². The molecule has 7 nitrogen and oxygen atoms in total. The molecule has 0 amide bonds. The maximum Gasteiger partial charge on any atom is 0.341 e. The smallest absolute Gasteiger partial charge is 0.341 e. The van der Waals surface area contributed by atoms with E-state index in [0.29, 0.717) is 17.1 Å². The molecule has 0 saturated carbocycles. The lowest BCUT2D eigenvalue weighted by Gasteiger charge is -2.32. The van der Waals surface area contributed by atoms with E-state index in [1.165, 1.54) is 0 Å². The summed E-state index contributed by atoms with van der Waals surface area (Å²) in [7, 11) is -3.96. The Labute approximate surface area is 172 Å². The number of H-pyrrole nitrogens is 1. The fourth-order valence-corrected chi connectivity index (χ4v) is 5.26. The van der Waals surface area contributed by atoms with Crippen molar-refractivity contribution in [3.8, 4) is 0 Å². The summed E-state index contributed by atoms with van der Waals surface area (Å²) in [5.41, 5.74) is 2.46. The number of rotatable bonds is 6. The molecule has 1 aliphatic heterocycles. The van der Waals surface area contributed by atoms with Crippen LogP contribution in [0.5, 0.6) is 0 Å². The van der Waals surface area contributed by atoms with Crippen LogP contribution in [0.15, 0.2) is 29.2 Å². The number of hydrogen-bond acceptors (Lipinski definition) is 5. The quantitative estimate of drug-likeness (QED) is 0.694. The third-order valence-corrected chi connectivity index (χ3v) is 6.89. The number of aromatic amines is 1. The molecule has 2 aromatic rings. The summed E-state index contributed by atoms with van der Waals surface area (Å²) < 4.78 is 33.7. The van der Waals surface area contributed by atoms with Gasteiger partial charge in [0.2, 0.25) is 0 Å². The van der Waals surface area contributed by atoms with Crippen LogP contribution in [-0.4, -0.2) is 39.1 Å². The van der Waals surface area contributed by atoms with Crippen molar-refractivity contribution >= 4 is 27.4 Å². The number of piperidine rings is 1. The summed E-state index contributed by atoms with van der Waals surface area (Å²) in [6, 6.07) is 7.36. The highest BCUT2D eigenvalue weighted by molar-refractivity contribution is 7.92. The minimum Gasteiger partial charge on any atom is -0.462 e. The van der Waals surface area contributed by atoms with Gasteiger partial charge in [-0.2, -0.15) is 0 Å². The van der Waals surface area contributed by atoms with Gasteiger partial charge < -0.3 is 14.6 Å². The lowest BCUT2D eigenvalue weighted by molar-refractivity contribution is 0.0521. The summed E-state index contributed by atoms with van der Waals surface area (Å²) in [5, 5.41) is 0. The van der Waals surface area contributed by atoms with Gasteiger partial charge in [-0.1, -0.05) is 6.92 Å². The summed E-state index contributed by atoms with van der Waals surface area (Å²) in [6.07, 6.45) is 2.33. The molecular formula is C21H29N3O4S. The lowest BCUT2D eigenvalue weighted by Crippen LogP contribution is -2.32. The third kappa shape index (κ3) is 4.58. The number of anilines is 2. The molecule has 158 valence electrons. The van der Waals surface area contributed by atoms with E-state index < -0.39 is 16.0 Å². The van der Waals surface area contributed by atoms with Crippen LogP contribution < -0.4 is 9.62 Å². The van der Waals surface area contributed by atoms with Gasteiger partial charge in [0, 0.05) is 35.9 Å². The molecule has 29 heavy (non-hydrogen) atoms. The maximum atomic E-state index is 13.0. The Hall–Kier alpha value is -2.48. The van der Waals surface area contributed by atoms with Gasteiger partial charge in [0.05, 0.1) is 6.61 Å². The first-order valence-corrected chi connectivity index (χ1v) is 11.5. The second kappa shape index (κ2) is 8.49. The van der Waals surface area contributed by atoms with Crippen molar-refractivity contribution < 1.29 is 17.9 Å². The highest BCUT2D eigenvalue weighted by Gasteiger charge is 2.30. The van der Waals surface area contributed by atoms with Gasteiger partial charge in [0.1, 0.15) is 10.5 Å². The zero-order valence-electron chi connectivity index (χ0n) is 17.4. The monoisotopic (exact) mass is 419 g/mol. The van der Waals surface area contributed by atoms with Crippen LogP contribution in [0.1, 0.15) is 48.4 Å². The number of nitrogens with one attached hydrogen (secondary N) is 2. The Kier molecular flexibility index (Phi) is 6.21. The lowest BCUT2D eigenvalue weighted by atomic mass is 9.99. The van der Waals surface area contributed by atoms with Crippen molar-refractivity contribution in [3.05, 3.63) is 41.2 Å². The molecule has 1 fully saturated rings. The molecule has 2 heterocycles. The first kappa shape index (κ1) is 21.2. The van der Waals surface area contributed by atoms with Crippen LogP contribution in [-0.2, 0) is 14.8 Å². The molecule has 0 spiro atoms. The molecule has 3 rings (SSSR count). The molecule has 0 aliphatic carbocycles. The van der Waals surface area contributed by atoms with Crippen LogP contribution in [0.25, 0.3) is 0 Å². The Bertz CT molecular complexity index is 972. The zero-order valence-corrected chi connectivity index (χ0v) is 18.2. The highest BCUT2D eigenvalue weighted by Crippen LogP contribution is 2.28. The molecule has 0 radical (unpaired) electrons. The Morgan fingerprint density at radius 1 is 1.17 bits per heavy atom. The number of sulfonamides is 1. The van der Waals surface area contributed by atoms with E-state index in [0.717, 1.165) is 37.5 Å². The molecule has 8 heteroatoms. The van der Waals surface area contributed by atoms with Crippen molar-refractivity contribution in [2.45, 2.75) is 45.4 Å². The molecule has 1 aromatic carbocycles. The molecular weight excluding hydrogens is 390 g/mol. The Morgan fingerprint density at radius 2 is 1.79 bits per heavy atom. The first-order chi connectivity index (χ1) is 13.7. The topological polar surface area (TPSA) is 91.5 Å². The van der Waals surface area contributed by atoms with Crippen molar-refractivity contribution in [2.75, 3.05) is 29.3 Å². The van der Waals surface area contributed by atoms with Gasteiger partial charge in [-0.3, -0.25) is 4.72 Å². The third-order valence-electron chi connectivity index (χ3n) is 5.33. The summed E-state index contributed by atoms with van der Waals surface area (Å²) in [4.78, 5) is 17.5. The fourth-order valence-electron chi connectivity index (χ4n) is 3.76. The maximum absolute atomic E-state index is 13.0. The normalized spacial score (nSPS) is 15.4. The number of nitrogens with zero attached hydrogens (tertiary/aromatic N) is 1. The molecule has 0 atom stereocenters. The van der Waals surface area contributed by atoms with E-state index in [4.69, 9.17) is 4.74 Å². The van der Waals surface area contributed by atoms with E-state index in [1.54, 1.807) is 32.9 Å². The minimum absolute atomic E-state index is 0.0518. The van der Waals surface area contributed by atoms with Gasteiger partial charge in [0.15, 0.2) is 0 Å². The molecule has 0 bridgehead atoms. The Balaban J connectivity index is 1.82. The van der Waals surface area contributed by atoms with Gasteiger partial charge in [-0.15, -0.1) is 0 Å². The van der Waals surface area contributed by atoms with Crippen LogP contribution in [0.2, 0.25) is 0 Å². The predicted octanol–water partition coefficient (Wildman–Crippen LogP) is 3.85. The summed E-state index contributed by atoms with van der Waals surface area (Å²) in [6.45, 7) is 9.44. The van der Waals surface area contributed by atoms with Crippen molar-refractivity contribution in [1.82, 2.24) is 4.98 Å². The number of aryl methyl sites for hydroxylation is 2. The van der Waals surface area contributed by atoms with Gasteiger partial charge in [-0.25, -0.2) is 13.2 Å². The molecule has 1 aliphatic rings. The second-order valence-electron chi connectivity index (χ2n) is 7.62. The van der Waals surface area contributed by atoms with E-state index in [2.05, 4.69) is 21.5 Å². The SMILES string of the molecule is CCOC(=O)c1c(C)[nH]c(C)c1S(=O)(=O)Nc1ccc(N2CCC(C)CC2)cc1. The molecule has 0 unspecified atom stereocenters. The number of carbonyl (C=O) groups excluding carboxylic acids is 1. The standard InChI is InChI=1S/C21H29N3O4S/c1-5-28-21(25)19-15(3)22-16(4)20(19)29(26,27)23-17-6-8-18(9-7-17)24-12-10-14(2)11-13-24/h6-9,14,22-23H,5,10-13H2,1-4H3. The van der Waals surface area contributed by atoms with Crippen LogP contribution in [0.4, 0.5) is 11.4 Å². The zero-order chi connectivity index (χ0) is 21.2. The predicted molar refractivity (Wildman–Crippen MR) is 114 cm³/mol. The largest absolute Gasteiger partial charge is 0.462 e. The highest BCUT2D eigenvalue weighted by atomic mass is 32.2. The summed E-state index contributed by atoms with van der Waals surface area (Å²) in [5.74, 6) is 0.100. The Morgan fingerprint density at radius 3 is 2.38 bits per heavy atom. The average molecular weight is 420 g/mol. The van der Waals surface area contributed by atoms with Crippen LogP contribution in [0, 0.1) is 19.8 Å². The minimum atomic E-state index is -3.96. The van der Waals surface area contributed by atoms with Crippen LogP contribution >= 0.6 is 0 Å². The number of aromatic nitrogens is 1. The van der Waals surface area contributed by atoms with E-state index in [-0.39, 0.29) is 17.1 Å². The average Bonchev–Trinajstić information content (AvgIpc) is 2.98. The second-order valence-corrected chi connectivity index (χ2v) is 9.24. The molecule has 1 aromatic heterocycles. The summed E-state index contributed by atoms with van der Waals surface area (Å²) >= 11 is 0. The van der Waals surface area contributed by atoms with E-state index in [9.17, 15) is 13.2 Å². The van der Waals surface area contributed by atoms with Crippen molar-refractivity contribution in [1.29, 1.82) is 0 Å². The number of hydrogen-bond donors (Lipinski definition) is 2. The fraction of sp³-hybridized carbons (Fsp3) is 0.476. The number of esters is 1. The number of carbonyl (C=O) groups is 1. The van der Waals surface area contributed by atoms with Gasteiger partial charge in [0.25, 0.3) is 10.0 Å².